The first kappa shape index (κ1) is 23.5. The van der Waals surface area contributed by atoms with E-state index in [-0.39, 0.29) is 11.8 Å². The highest BCUT2D eigenvalue weighted by Gasteiger charge is 2.31. The number of carbonyl (C=O) groups is 2. The van der Waals surface area contributed by atoms with Crippen LogP contribution in [0.2, 0.25) is 0 Å². The van der Waals surface area contributed by atoms with Crippen molar-refractivity contribution in [2.24, 2.45) is 0 Å². The third-order valence-corrected chi connectivity index (χ3v) is 6.76. The summed E-state index contributed by atoms with van der Waals surface area (Å²) in [5, 5.41) is 0. The Bertz CT molecular complexity index is 1140. The first-order valence-electron chi connectivity index (χ1n) is 12.2. The van der Waals surface area contributed by atoms with E-state index >= 15 is 0 Å². The lowest BCUT2D eigenvalue weighted by atomic mass is 9.99. The fourth-order valence-electron chi connectivity index (χ4n) is 4.85. The number of nitrogens with zero attached hydrogens (tertiary/aromatic N) is 6. The molecule has 184 valence electrons. The molecule has 2 aliphatic heterocycles. The van der Waals surface area contributed by atoms with Gasteiger partial charge in [-0.3, -0.25) is 9.59 Å². The van der Waals surface area contributed by atoms with E-state index in [1.165, 1.54) is 11.1 Å². The monoisotopic (exact) mass is 482 g/mol. The quantitative estimate of drug-likeness (QED) is 0.420. The third-order valence-electron chi connectivity index (χ3n) is 6.76. The number of carbonyl (C=O) groups excluding carboxylic acids is 2. The zero-order chi connectivity index (χ0) is 24.7. The highest BCUT2D eigenvalue weighted by Crippen LogP contribution is 2.29. The average molecular weight is 483 g/mol. The molecular formula is C28H30N6O2. The minimum atomic E-state index is 0.220. The Labute approximate surface area is 210 Å². The highest BCUT2D eigenvalue weighted by atomic mass is 16.2. The van der Waals surface area contributed by atoms with Gasteiger partial charge in [0.2, 0.25) is 11.8 Å². The predicted octanol–water partition coefficient (Wildman–Crippen LogP) is 3.71. The summed E-state index contributed by atoms with van der Waals surface area (Å²) in [6.45, 7) is 2.78. The largest absolute Gasteiger partial charge is 0.324 e. The van der Waals surface area contributed by atoms with Crippen LogP contribution in [0.1, 0.15) is 35.8 Å². The van der Waals surface area contributed by atoms with Crippen molar-refractivity contribution in [3.8, 4) is 0 Å². The Kier molecular flexibility index (Phi) is 7.21. The van der Waals surface area contributed by atoms with E-state index < -0.39 is 0 Å². The number of rotatable bonds is 6. The molecule has 2 aromatic heterocycles. The average Bonchev–Trinajstić information content (AvgIpc) is 3.72. The van der Waals surface area contributed by atoms with Crippen LogP contribution in [0.15, 0.2) is 98.1 Å². The minimum absolute atomic E-state index is 0.220. The van der Waals surface area contributed by atoms with Crippen molar-refractivity contribution in [3.63, 3.8) is 0 Å². The molecule has 0 aliphatic carbocycles. The Morgan fingerprint density at radius 3 is 1.42 bits per heavy atom. The lowest BCUT2D eigenvalue weighted by molar-refractivity contribution is -0.129. The van der Waals surface area contributed by atoms with E-state index in [9.17, 15) is 9.59 Å². The molecule has 2 aliphatic rings. The Morgan fingerprint density at radius 1 is 0.639 bits per heavy atom. The van der Waals surface area contributed by atoms with Crippen LogP contribution in [0.3, 0.4) is 0 Å². The Hall–Kier alpha value is -4.20. The van der Waals surface area contributed by atoms with Crippen LogP contribution >= 0.6 is 0 Å². The van der Waals surface area contributed by atoms with Crippen molar-refractivity contribution in [3.05, 3.63) is 109 Å². The molecule has 0 saturated carbocycles. The molecule has 0 spiro atoms. The number of hydrogen-bond donors (Lipinski definition) is 0. The van der Waals surface area contributed by atoms with Crippen molar-refractivity contribution >= 4 is 11.8 Å². The number of benzene rings is 2. The molecule has 8 heteroatoms. The summed E-state index contributed by atoms with van der Waals surface area (Å²) in [4.78, 5) is 35.7. The van der Waals surface area contributed by atoms with Gasteiger partial charge in [-0.25, -0.2) is 9.97 Å². The maximum Gasteiger partial charge on any atom is 0.224 e. The van der Waals surface area contributed by atoms with Crippen LogP contribution in [-0.2, 0) is 22.9 Å². The second-order valence-corrected chi connectivity index (χ2v) is 9.29. The standard InChI is InChI=1S/2C14H15N3O/c2*18-14-8-13(12-4-2-1-3-5-12)9-17(14)11-16-7-6-15-10-16/h2*1-7,10,13H,8-9,11H2. The molecule has 0 radical (unpaired) electrons. The Balaban J connectivity index is 0.000000148. The van der Waals surface area contributed by atoms with Gasteiger partial charge in [0.15, 0.2) is 0 Å². The topological polar surface area (TPSA) is 76.3 Å². The van der Waals surface area contributed by atoms with E-state index in [4.69, 9.17) is 0 Å². The van der Waals surface area contributed by atoms with Gasteiger partial charge in [0.1, 0.15) is 0 Å². The lowest BCUT2D eigenvalue weighted by Crippen LogP contribution is -2.27. The second kappa shape index (κ2) is 11.0. The van der Waals surface area contributed by atoms with Crippen molar-refractivity contribution in [1.82, 2.24) is 28.9 Å². The first-order chi connectivity index (χ1) is 17.7. The molecule has 0 bridgehead atoms. The molecular weight excluding hydrogens is 452 g/mol. The van der Waals surface area contributed by atoms with Crippen LogP contribution in [-0.4, -0.2) is 53.8 Å². The number of imidazole rings is 2. The molecule has 4 heterocycles. The molecule has 2 atom stereocenters. The smallest absolute Gasteiger partial charge is 0.224 e. The minimum Gasteiger partial charge on any atom is -0.324 e. The van der Waals surface area contributed by atoms with Crippen molar-refractivity contribution in [1.29, 1.82) is 0 Å². The van der Waals surface area contributed by atoms with Crippen LogP contribution in [0.25, 0.3) is 0 Å². The molecule has 2 aromatic carbocycles. The molecule has 0 N–H and O–H groups in total. The second-order valence-electron chi connectivity index (χ2n) is 9.29. The first-order valence-corrected chi connectivity index (χ1v) is 12.2. The molecule has 8 nitrogen and oxygen atoms in total. The summed E-state index contributed by atoms with van der Waals surface area (Å²) < 4.78 is 3.84. The number of aromatic nitrogens is 4. The van der Waals surface area contributed by atoms with Crippen molar-refractivity contribution < 1.29 is 9.59 Å². The van der Waals surface area contributed by atoms with E-state index in [0.29, 0.717) is 38.0 Å². The van der Waals surface area contributed by atoms with Gasteiger partial charge in [-0.2, -0.15) is 0 Å². The molecule has 6 rings (SSSR count). The maximum atomic E-state index is 12.0. The molecule has 2 fully saturated rings. The normalized spacial score (nSPS) is 19.4. The van der Waals surface area contributed by atoms with Crippen LogP contribution < -0.4 is 0 Å². The van der Waals surface area contributed by atoms with Gasteiger partial charge < -0.3 is 18.9 Å². The van der Waals surface area contributed by atoms with Gasteiger partial charge in [-0.15, -0.1) is 0 Å². The van der Waals surface area contributed by atoms with Gasteiger partial charge in [-0.05, 0) is 11.1 Å². The molecule has 4 aromatic rings. The maximum absolute atomic E-state index is 12.0. The lowest BCUT2D eigenvalue weighted by Gasteiger charge is -2.17. The third kappa shape index (κ3) is 5.71. The van der Waals surface area contributed by atoms with Gasteiger partial charge in [0.25, 0.3) is 0 Å². The summed E-state index contributed by atoms with van der Waals surface area (Å²) in [6.07, 6.45) is 11.9. The fraction of sp³-hybridized carbons (Fsp3) is 0.286. The highest BCUT2D eigenvalue weighted by molar-refractivity contribution is 5.80. The summed E-state index contributed by atoms with van der Waals surface area (Å²) in [5.41, 5.74) is 2.50. The van der Waals surface area contributed by atoms with Crippen molar-refractivity contribution in [2.75, 3.05) is 13.1 Å². The van der Waals surface area contributed by atoms with Crippen molar-refractivity contribution in [2.45, 2.75) is 38.0 Å². The zero-order valence-corrected chi connectivity index (χ0v) is 20.1. The fourth-order valence-corrected chi connectivity index (χ4v) is 4.85. The van der Waals surface area contributed by atoms with Gasteiger partial charge in [0, 0.05) is 62.6 Å². The van der Waals surface area contributed by atoms with Gasteiger partial charge >= 0.3 is 0 Å². The van der Waals surface area contributed by atoms with Crippen LogP contribution in [0, 0.1) is 0 Å². The van der Waals surface area contributed by atoms with E-state index in [2.05, 4.69) is 34.2 Å². The Morgan fingerprint density at radius 2 is 1.06 bits per heavy atom. The molecule has 36 heavy (non-hydrogen) atoms. The van der Waals surface area contributed by atoms with E-state index in [1.807, 2.05) is 67.7 Å². The molecule has 2 unspecified atom stereocenters. The molecule has 2 saturated heterocycles. The van der Waals surface area contributed by atoms with Gasteiger partial charge in [0.05, 0.1) is 26.0 Å². The summed E-state index contributed by atoms with van der Waals surface area (Å²) in [6, 6.07) is 20.5. The summed E-state index contributed by atoms with van der Waals surface area (Å²) >= 11 is 0. The van der Waals surface area contributed by atoms with E-state index in [1.54, 1.807) is 25.0 Å². The number of amides is 2. The zero-order valence-electron chi connectivity index (χ0n) is 20.1. The molecule has 2 amide bonds. The predicted molar refractivity (Wildman–Crippen MR) is 135 cm³/mol. The van der Waals surface area contributed by atoms with Crippen LogP contribution in [0.4, 0.5) is 0 Å². The SMILES string of the molecule is O=C1CC(c2ccccc2)CN1Cn1ccnc1.O=C1CC(c2ccccc2)CN1Cn1ccnc1. The van der Waals surface area contributed by atoms with Crippen LogP contribution in [0.5, 0.6) is 0 Å². The van der Waals surface area contributed by atoms with E-state index in [0.717, 1.165) is 13.1 Å². The summed E-state index contributed by atoms with van der Waals surface area (Å²) in [5.74, 6) is 1.08. The van der Waals surface area contributed by atoms with Gasteiger partial charge in [-0.1, -0.05) is 60.7 Å². The number of likely N-dealkylation sites (tertiary alicyclic amines) is 2. The summed E-state index contributed by atoms with van der Waals surface area (Å²) in [7, 11) is 0. The number of hydrogen-bond acceptors (Lipinski definition) is 4.